The molecule has 23 heavy (non-hydrogen) atoms. The van der Waals surface area contributed by atoms with Gasteiger partial charge < -0.3 is 10.2 Å². The number of para-hydroxylation sites is 1. The Bertz CT molecular complexity index is 784. The fraction of sp³-hybridized carbons (Fsp3) is 0.125. The number of nitrogens with one attached hydrogen (secondary N) is 1. The Morgan fingerprint density at radius 1 is 1.30 bits per heavy atom. The number of benzene rings is 2. The van der Waals surface area contributed by atoms with Crippen LogP contribution in [-0.2, 0) is 9.59 Å². The van der Waals surface area contributed by atoms with Gasteiger partial charge in [0.25, 0.3) is 0 Å². The summed E-state index contributed by atoms with van der Waals surface area (Å²) in [7, 11) is 0. The van der Waals surface area contributed by atoms with Crippen molar-refractivity contribution in [2.75, 3.05) is 22.5 Å². The molecule has 0 bridgehead atoms. The van der Waals surface area contributed by atoms with E-state index >= 15 is 0 Å². The molecule has 0 aliphatic carbocycles. The highest BCUT2D eigenvalue weighted by atomic mass is 79.9. The lowest BCUT2D eigenvalue weighted by molar-refractivity contribution is -0.120. The van der Waals surface area contributed by atoms with Gasteiger partial charge in [-0.15, -0.1) is 11.8 Å². The van der Waals surface area contributed by atoms with Crippen molar-refractivity contribution >= 4 is 50.9 Å². The minimum Gasteiger partial charge on any atom is -0.323 e. The highest BCUT2D eigenvalue weighted by Gasteiger charge is 2.26. The molecule has 0 aromatic heterocycles. The van der Waals surface area contributed by atoms with Crippen LogP contribution in [0.1, 0.15) is 0 Å². The second-order valence-electron chi connectivity index (χ2n) is 4.91. The fourth-order valence-corrected chi connectivity index (χ4v) is 3.64. The predicted molar refractivity (Wildman–Crippen MR) is 92.2 cm³/mol. The highest BCUT2D eigenvalue weighted by molar-refractivity contribution is 9.10. The molecule has 0 radical (unpaired) electrons. The van der Waals surface area contributed by atoms with Crippen molar-refractivity contribution in [3.8, 4) is 0 Å². The van der Waals surface area contributed by atoms with Crippen molar-refractivity contribution < 1.29 is 14.0 Å². The molecule has 1 aliphatic rings. The average molecular weight is 395 g/mol. The van der Waals surface area contributed by atoms with Gasteiger partial charge in [0.1, 0.15) is 12.4 Å². The normalized spacial score (nSPS) is 13.7. The zero-order valence-electron chi connectivity index (χ0n) is 11.9. The molecule has 0 spiro atoms. The number of halogens is 2. The van der Waals surface area contributed by atoms with Crippen LogP contribution in [0.4, 0.5) is 15.8 Å². The van der Waals surface area contributed by atoms with Crippen molar-refractivity contribution in [1.29, 1.82) is 0 Å². The second kappa shape index (κ2) is 6.72. The Kier molecular flexibility index (Phi) is 4.68. The number of hydrogen-bond donors (Lipinski definition) is 1. The first-order chi connectivity index (χ1) is 11.0. The number of thioether (sulfide) groups is 1. The van der Waals surface area contributed by atoms with Crippen LogP contribution in [0.25, 0.3) is 0 Å². The van der Waals surface area contributed by atoms with Gasteiger partial charge in [-0.2, -0.15) is 0 Å². The third-order valence-corrected chi connectivity index (χ3v) is 5.02. The quantitative estimate of drug-likeness (QED) is 0.863. The van der Waals surface area contributed by atoms with E-state index in [1.165, 1.54) is 34.9 Å². The van der Waals surface area contributed by atoms with Crippen molar-refractivity contribution in [2.45, 2.75) is 4.90 Å². The molecule has 1 N–H and O–H groups in total. The number of anilines is 2. The van der Waals surface area contributed by atoms with E-state index in [0.29, 0.717) is 15.9 Å². The van der Waals surface area contributed by atoms with E-state index in [0.717, 1.165) is 10.6 Å². The summed E-state index contributed by atoms with van der Waals surface area (Å²) in [5.41, 5.74) is 1.20. The Morgan fingerprint density at radius 3 is 2.87 bits per heavy atom. The average Bonchev–Trinajstić information content (AvgIpc) is 2.53. The van der Waals surface area contributed by atoms with Crippen LogP contribution in [0.2, 0.25) is 0 Å². The van der Waals surface area contributed by atoms with Crippen LogP contribution in [-0.4, -0.2) is 24.1 Å². The molecule has 0 fully saturated rings. The molecule has 2 aromatic rings. The van der Waals surface area contributed by atoms with Gasteiger partial charge in [-0.25, -0.2) is 4.39 Å². The molecule has 2 amide bonds. The second-order valence-corrected chi connectivity index (χ2v) is 6.78. The molecule has 2 aromatic carbocycles. The van der Waals surface area contributed by atoms with E-state index in [-0.39, 0.29) is 18.4 Å². The van der Waals surface area contributed by atoms with E-state index in [9.17, 15) is 14.0 Å². The van der Waals surface area contributed by atoms with Crippen LogP contribution >= 0.6 is 27.7 Å². The standard InChI is InChI=1S/C16H12BrFN2O2S/c17-11-7-10(18)5-6-12(11)19-15(21)8-20-13-3-1-2-4-14(13)23-9-16(20)22/h1-7H,8-9H2,(H,19,21). The number of nitrogens with zero attached hydrogens (tertiary/aromatic N) is 1. The lowest BCUT2D eigenvalue weighted by Gasteiger charge is -2.28. The third kappa shape index (κ3) is 3.56. The first-order valence-electron chi connectivity index (χ1n) is 6.81. The van der Waals surface area contributed by atoms with Crippen molar-refractivity contribution in [1.82, 2.24) is 0 Å². The Morgan fingerprint density at radius 2 is 2.09 bits per heavy atom. The smallest absolute Gasteiger partial charge is 0.244 e. The summed E-state index contributed by atoms with van der Waals surface area (Å²) in [6.07, 6.45) is 0. The van der Waals surface area contributed by atoms with Crippen LogP contribution in [0.3, 0.4) is 0 Å². The number of amides is 2. The van der Waals surface area contributed by atoms with Gasteiger partial charge in [0.05, 0.1) is 17.1 Å². The molecule has 0 unspecified atom stereocenters. The molecular formula is C16H12BrFN2O2S. The lowest BCUT2D eigenvalue weighted by Crippen LogP contribution is -2.41. The zero-order chi connectivity index (χ0) is 16.4. The van der Waals surface area contributed by atoms with Gasteiger partial charge in [0.15, 0.2) is 0 Å². The molecule has 1 aliphatic heterocycles. The largest absolute Gasteiger partial charge is 0.323 e. The summed E-state index contributed by atoms with van der Waals surface area (Å²) >= 11 is 4.66. The summed E-state index contributed by atoms with van der Waals surface area (Å²) in [6.45, 7) is -0.0831. The monoisotopic (exact) mass is 394 g/mol. The van der Waals surface area contributed by atoms with Crippen LogP contribution in [0, 0.1) is 5.82 Å². The van der Waals surface area contributed by atoms with E-state index in [1.54, 1.807) is 0 Å². The maximum atomic E-state index is 13.1. The topological polar surface area (TPSA) is 49.4 Å². The number of carbonyl (C=O) groups excluding carboxylic acids is 2. The number of hydrogen-bond acceptors (Lipinski definition) is 3. The number of fused-ring (bicyclic) bond motifs is 1. The van der Waals surface area contributed by atoms with Gasteiger partial charge in [0.2, 0.25) is 11.8 Å². The summed E-state index contributed by atoms with van der Waals surface area (Å²) in [6, 6.07) is 11.5. The molecular weight excluding hydrogens is 383 g/mol. The molecule has 0 atom stereocenters. The summed E-state index contributed by atoms with van der Waals surface area (Å²) < 4.78 is 13.5. The van der Waals surface area contributed by atoms with Crippen molar-refractivity contribution in [3.63, 3.8) is 0 Å². The lowest BCUT2D eigenvalue weighted by atomic mass is 10.2. The van der Waals surface area contributed by atoms with Gasteiger partial charge in [0, 0.05) is 9.37 Å². The summed E-state index contributed by atoms with van der Waals surface area (Å²) in [4.78, 5) is 26.8. The fourth-order valence-electron chi connectivity index (χ4n) is 2.25. The first kappa shape index (κ1) is 16.0. The van der Waals surface area contributed by atoms with Crippen LogP contribution < -0.4 is 10.2 Å². The van der Waals surface area contributed by atoms with Gasteiger partial charge >= 0.3 is 0 Å². The number of carbonyl (C=O) groups is 2. The minimum absolute atomic E-state index is 0.0831. The molecule has 0 saturated heterocycles. The first-order valence-corrected chi connectivity index (χ1v) is 8.59. The minimum atomic E-state index is -0.396. The predicted octanol–water partition coefficient (Wildman–Crippen LogP) is 3.67. The van der Waals surface area contributed by atoms with Crippen molar-refractivity contribution in [2.24, 2.45) is 0 Å². The third-order valence-electron chi connectivity index (χ3n) is 3.32. The molecule has 1 heterocycles. The summed E-state index contributed by atoms with van der Waals surface area (Å²) in [5, 5.41) is 2.68. The SMILES string of the molecule is O=C(CN1C(=O)CSc2ccccc21)Nc1ccc(F)cc1Br. The summed E-state index contributed by atoms with van der Waals surface area (Å²) in [5.74, 6) is -0.536. The zero-order valence-corrected chi connectivity index (χ0v) is 14.3. The highest BCUT2D eigenvalue weighted by Crippen LogP contribution is 2.34. The van der Waals surface area contributed by atoms with Gasteiger partial charge in [-0.1, -0.05) is 12.1 Å². The van der Waals surface area contributed by atoms with E-state index < -0.39 is 5.82 Å². The van der Waals surface area contributed by atoms with Gasteiger partial charge in [-0.05, 0) is 46.3 Å². The van der Waals surface area contributed by atoms with E-state index in [1.807, 2.05) is 24.3 Å². The van der Waals surface area contributed by atoms with E-state index in [4.69, 9.17) is 0 Å². The van der Waals surface area contributed by atoms with Crippen LogP contribution in [0.5, 0.6) is 0 Å². The van der Waals surface area contributed by atoms with Gasteiger partial charge in [-0.3, -0.25) is 9.59 Å². The number of rotatable bonds is 3. The van der Waals surface area contributed by atoms with E-state index in [2.05, 4.69) is 21.2 Å². The Labute approximate surface area is 145 Å². The molecule has 0 saturated carbocycles. The maximum Gasteiger partial charge on any atom is 0.244 e. The maximum absolute atomic E-state index is 13.1. The molecule has 4 nitrogen and oxygen atoms in total. The molecule has 3 rings (SSSR count). The Balaban J connectivity index is 1.76. The Hall–Kier alpha value is -1.86. The molecule has 7 heteroatoms. The van der Waals surface area contributed by atoms with Crippen molar-refractivity contribution in [3.05, 3.63) is 52.8 Å². The molecule has 118 valence electrons. The van der Waals surface area contributed by atoms with Crippen LogP contribution in [0.15, 0.2) is 51.8 Å².